The highest BCUT2D eigenvalue weighted by atomic mass is 16.5. The van der Waals surface area contributed by atoms with E-state index in [1.807, 2.05) is 0 Å². The zero-order valence-electron chi connectivity index (χ0n) is 19.4. The first-order chi connectivity index (χ1) is 16.5. The van der Waals surface area contributed by atoms with Gasteiger partial charge in [-0.3, -0.25) is 19.5 Å². The lowest BCUT2D eigenvalue weighted by molar-refractivity contribution is -0.140. The number of methoxy groups -OCH3 is 2. The summed E-state index contributed by atoms with van der Waals surface area (Å²) >= 11 is 0. The third-order valence-electron chi connectivity index (χ3n) is 6.20. The highest BCUT2D eigenvalue weighted by molar-refractivity contribution is 6.46. The fourth-order valence-corrected chi connectivity index (χ4v) is 4.44. The van der Waals surface area contributed by atoms with E-state index in [0.717, 1.165) is 19.6 Å². The van der Waals surface area contributed by atoms with E-state index in [1.54, 1.807) is 37.4 Å². The molecule has 2 aliphatic rings. The molecule has 2 aromatic rings. The Morgan fingerprint density at radius 1 is 1.09 bits per heavy atom. The third-order valence-corrected chi connectivity index (χ3v) is 6.20. The Kier molecular flexibility index (Phi) is 7.44. The van der Waals surface area contributed by atoms with Gasteiger partial charge in [0.2, 0.25) is 0 Å². The summed E-state index contributed by atoms with van der Waals surface area (Å²) in [6, 6.07) is 7.60. The van der Waals surface area contributed by atoms with Gasteiger partial charge in [-0.25, -0.2) is 0 Å². The summed E-state index contributed by atoms with van der Waals surface area (Å²) in [4.78, 5) is 34.2. The zero-order valence-corrected chi connectivity index (χ0v) is 19.4. The second kappa shape index (κ2) is 10.7. The molecule has 1 atom stereocenters. The van der Waals surface area contributed by atoms with Crippen LogP contribution in [-0.2, 0) is 14.3 Å². The molecule has 9 nitrogen and oxygen atoms in total. The molecule has 180 valence electrons. The Labute approximate surface area is 198 Å². The maximum atomic E-state index is 13.2. The van der Waals surface area contributed by atoms with Crippen molar-refractivity contribution in [3.63, 3.8) is 0 Å². The van der Waals surface area contributed by atoms with Gasteiger partial charge in [-0.1, -0.05) is 0 Å². The number of ketones is 1. The first-order valence-corrected chi connectivity index (χ1v) is 11.3. The quantitative estimate of drug-likeness (QED) is 0.358. The van der Waals surface area contributed by atoms with Crippen molar-refractivity contribution in [1.82, 2.24) is 14.8 Å². The van der Waals surface area contributed by atoms with Gasteiger partial charge in [0, 0.05) is 49.7 Å². The van der Waals surface area contributed by atoms with Gasteiger partial charge in [0.15, 0.2) is 0 Å². The number of aliphatic hydroxyl groups excluding tert-OH is 1. The number of carbonyl (C=O) groups excluding carboxylic acids is 2. The summed E-state index contributed by atoms with van der Waals surface area (Å²) in [5.41, 5.74) is 1.00. The number of morpholine rings is 1. The number of ether oxygens (including phenoxy) is 3. The average Bonchev–Trinajstić information content (AvgIpc) is 3.14. The molecule has 0 saturated carbocycles. The Morgan fingerprint density at radius 3 is 2.50 bits per heavy atom. The van der Waals surface area contributed by atoms with Crippen molar-refractivity contribution in [2.24, 2.45) is 0 Å². The molecule has 0 bridgehead atoms. The number of carbonyl (C=O) groups is 2. The smallest absolute Gasteiger partial charge is 0.295 e. The molecule has 1 amide bonds. The van der Waals surface area contributed by atoms with Crippen LogP contribution >= 0.6 is 0 Å². The van der Waals surface area contributed by atoms with Gasteiger partial charge in [0.05, 0.1) is 39.0 Å². The molecular weight excluding hydrogens is 438 g/mol. The molecule has 2 saturated heterocycles. The topological polar surface area (TPSA) is 101 Å². The fourth-order valence-electron chi connectivity index (χ4n) is 4.44. The number of benzene rings is 1. The molecule has 1 aromatic heterocycles. The summed E-state index contributed by atoms with van der Waals surface area (Å²) in [5, 5.41) is 11.1. The van der Waals surface area contributed by atoms with Crippen molar-refractivity contribution < 1.29 is 28.9 Å². The number of hydrogen-bond acceptors (Lipinski definition) is 8. The summed E-state index contributed by atoms with van der Waals surface area (Å²) in [6.45, 7) is 4.19. The van der Waals surface area contributed by atoms with Gasteiger partial charge in [0.1, 0.15) is 17.3 Å². The molecule has 9 heteroatoms. The van der Waals surface area contributed by atoms with Crippen molar-refractivity contribution in [1.29, 1.82) is 0 Å². The van der Waals surface area contributed by atoms with Gasteiger partial charge in [-0.15, -0.1) is 0 Å². The molecule has 34 heavy (non-hydrogen) atoms. The second-order valence-electron chi connectivity index (χ2n) is 8.14. The van der Waals surface area contributed by atoms with E-state index >= 15 is 0 Å². The first kappa shape index (κ1) is 23.7. The van der Waals surface area contributed by atoms with Crippen molar-refractivity contribution in [2.75, 3.05) is 53.6 Å². The Morgan fingerprint density at radius 2 is 1.82 bits per heavy atom. The Bertz CT molecular complexity index is 1070. The van der Waals surface area contributed by atoms with Crippen molar-refractivity contribution >= 4 is 17.4 Å². The maximum Gasteiger partial charge on any atom is 0.295 e. The lowest BCUT2D eigenvalue weighted by Gasteiger charge is -2.29. The van der Waals surface area contributed by atoms with E-state index in [2.05, 4.69) is 9.88 Å². The molecule has 0 aliphatic carbocycles. The number of pyridine rings is 1. The lowest BCUT2D eigenvalue weighted by atomic mass is 9.94. The number of aliphatic hydroxyl groups is 1. The molecule has 0 radical (unpaired) electrons. The highest BCUT2D eigenvalue weighted by Gasteiger charge is 2.47. The molecule has 0 spiro atoms. The minimum Gasteiger partial charge on any atom is -0.507 e. The molecule has 0 unspecified atom stereocenters. The zero-order chi connectivity index (χ0) is 24.1. The fraction of sp³-hybridized carbons (Fsp3) is 0.400. The van der Waals surface area contributed by atoms with Crippen molar-refractivity contribution in [3.8, 4) is 11.5 Å². The normalized spacial score (nSPS) is 20.5. The van der Waals surface area contributed by atoms with Crippen LogP contribution in [0.3, 0.4) is 0 Å². The predicted octanol–water partition coefficient (Wildman–Crippen LogP) is 2.24. The van der Waals surface area contributed by atoms with Gasteiger partial charge >= 0.3 is 0 Å². The van der Waals surface area contributed by atoms with Gasteiger partial charge in [-0.05, 0) is 36.8 Å². The molecule has 3 heterocycles. The van der Waals surface area contributed by atoms with Crippen LogP contribution in [0.15, 0.2) is 48.3 Å². The number of hydrogen-bond donors (Lipinski definition) is 1. The van der Waals surface area contributed by atoms with Gasteiger partial charge in [-0.2, -0.15) is 0 Å². The average molecular weight is 468 g/mol. The largest absolute Gasteiger partial charge is 0.507 e. The molecule has 2 fully saturated rings. The van der Waals surface area contributed by atoms with Gasteiger partial charge in [0.25, 0.3) is 11.7 Å². The molecule has 4 rings (SSSR count). The van der Waals surface area contributed by atoms with Crippen LogP contribution in [0.5, 0.6) is 11.5 Å². The van der Waals surface area contributed by atoms with Crippen LogP contribution in [0.1, 0.15) is 23.6 Å². The van der Waals surface area contributed by atoms with E-state index < -0.39 is 17.7 Å². The molecule has 1 N–H and O–H groups in total. The van der Waals surface area contributed by atoms with E-state index in [1.165, 1.54) is 24.4 Å². The standard InChI is InChI=1S/C25H29N3O6/c1-32-18-4-5-20(33-2)19(16-18)22-21(23(29)17-6-8-26-9-7-17)24(30)25(31)28(22)11-3-10-27-12-14-34-15-13-27/h4-9,16,22,29H,3,10-15H2,1-2H3/t22-/m1/s1. The number of amides is 1. The number of nitrogens with zero attached hydrogens (tertiary/aromatic N) is 3. The number of rotatable bonds is 8. The van der Waals surface area contributed by atoms with Crippen LogP contribution in [0, 0.1) is 0 Å². The second-order valence-corrected chi connectivity index (χ2v) is 8.14. The summed E-state index contributed by atoms with van der Waals surface area (Å²) in [5.74, 6) is -0.570. The van der Waals surface area contributed by atoms with E-state index in [-0.39, 0.29) is 11.3 Å². The minimum absolute atomic E-state index is 0.0223. The predicted molar refractivity (Wildman–Crippen MR) is 125 cm³/mol. The number of likely N-dealkylation sites (tertiary alicyclic amines) is 1. The maximum absolute atomic E-state index is 13.2. The Balaban J connectivity index is 1.74. The monoisotopic (exact) mass is 467 g/mol. The minimum atomic E-state index is -0.817. The van der Waals surface area contributed by atoms with E-state index in [0.29, 0.717) is 48.8 Å². The summed E-state index contributed by atoms with van der Waals surface area (Å²) in [7, 11) is 3.07. The molecule has 2 aliphatic heterocycles. The van der Waals surface area contributed by atoms with E-state index in [9.17, 15) is 14.7 Å². The van der Waals surface area contributed by atoms with Crippen LogP contribution in [0.4, 0.5) is 0 Å². The van der Waals surface area contributed by atoms with Gasteiger partial charge < -0.3 is 24.2 Å². The number of aromatic nitrogens is 1. The summed E-state index contributed by atoms with van der Waals surface area (Å²) in [6.07, 6.45) is 3.72. The van der Waals surface area contributed by atoms with Crippen LogP contribution in [0.2, 0.25) is 0 Å². The highest BCUT2D eigenvalue weighted by Crippen LogP contribution is 2.43. The number of Topliss-reactive ketones (excluding diaryl/α,β-unsaturated/α-hetero) is 1. The summed E-state index contributed by atoms with van der Waals surface area (Å²) < 4.78 is 16.4. The Hall–Kier alpha value is -3.43. The SMILES string of the molecule is COc1ccc(OC)c([C@@H]2C(=C(O)c3ccncc3)C(=O)C(=O)N2CCCN2CCOCC2)c1. The molecular formula is C25H29N3O6. The van der Waals surface area contributed by atoms with Crippen LogP contribution < -0.4 is 9.47 Å². The first-order valence-electron chi connectivity index (χ1n) is 11.3. The van der Waals surface area contributed by atoms with E-state index in [4.69, 9.17) is 14.2 Å². The van der Waals surface area contributed by atoms with Crippen molar-refractivity contribution in [3.05, 3.63) is 59.4 Å². The third kappa shape index (κ3) is 4.76. The van der Waals surface area contributed by atoms with Crippen LogP contribution in [0.25, 0.3) is 5.76 Å². The lowest BCUT2D eigenvalue weighted by Crippen LogP contribution is -2.39. The molecule has 1 aromatic carbocycles. The van der Waals surface area contributed by atoms with Crippen LogP contribution in [-0.4, -0.2) is 85.2 Å². The van der Waals surface area contributed by atoms with Crippen molar-refractivity contribution in [2.45, 2.75) is 12.5 Å².